The Hall–Kier alpha value is -2.17. The lowest BCUT2D eigenvalue weighted by Crippen LogP contribution is -2.28. The molecule has 5 heteroatoms. The summed E-state index contributed by atoms with van der Waals surface area (Å²) >= 11 is 0. The van der Waals surface area contributed by atoms with Crippen molar-refractivity contribution in [1.82, 2.24) is 10.2 Å². The third-order valence-corrected chi connectivity index (χ3v) is 2.89. The zero-order valence-electron chi connectivity index (χ0n) is 11.4. The molecule has 2 aromatic rings. The third kappa shape index (κ3) is 2.81. The molecule has 2 rings (SSSR count). The fraction of sp³-hybridized carbons (Fsp3) is 0.357. The van der Waals surface area contributed by atoms with Crippen LogP contribution in [0.3, 0.4) is 0 Å². The second-order valence-electron chi connectivity index (χ2n) is 4.32. The Kier molecular flexibility index (Phi) is 3.94. The smallest absolute Gasteiger partial charge is 0.325 e. The van der Waals surface area contributed by atoms with Crippen LogP contribution in [-0.2, 0) is 9.53 Å². The van der Waals surface area contributed by atoms with Crippen LogP contribution in [0, 0.1) is 6.92 Å². The molecule has 100 valence electrons. The van der Waals surface area contributed by atoms with Crippen LogP contribution < -0.4 is 4.90 Å². The summed E-state index contributed by atoms with van der Waals surface area (Å²) in [6.07, 6.45) is 0. The Morgan fingerprint density at radius 2 is 1.95 bits per heavy atom. The first-order chi connectivity index (χ1) is 9.13. The van der Waals surface area contributed by atoms with Gasteiger partial charge in [-0.15, -0.1) is 5.10 Å². The average molecular weight is 259 g/mol. The van der Waals surface area contributed by atoms with E-state index in [4.69, 9.17) is 4.74 Å². The van der Waals surface area contributed by atoms with Crippen LogP contribution in [0.2, 0.25) is 0 Å². The summed E-state index contributed by atoms with van der Waals surface area (Å²) in [6.45, 7) is 4.26. The van der Waals surface area contributed by atoms with Gasteiger partial charge in [-0.1, -0.05) is 24.3 Å². The molecular formula is C14H17N3O2. The molecule has 0 N–H and O–H groups in total. The van der Waals surface area contributed by atoms with Gasteiger partial charge in [0.2, 0.25) is 0 Å². The minimum Gasteiger partial charge on any atom is -0.465 e. The number of benzene rings is 1. The quantitative estimate of drug-likeness (QED) is 0.785. The predicted octanol–water partition coefficient (Wildman–Crippen LogP) is 1.94. The number of likely N-dealkylation sites (N-methyl/N-ethyl adjacent to an activating group) is 1. The number of hydrogen-bond acceptors (Lipinski definition) is 5. The highest BCUT2D eigenvalue weighted by Crippen LogP contribution is 2.24. The van der Waals surface area contributed by atoms with E-state index in [1.54, 1.807) is 11.8 Å². The average Bonchev–Trinajstić information content (AvgIpc) is 2.39. The molecule has 19 heavy (non-hydrogen) atoms. The van der Waals surface area contributed by atoms with E-state index in [0.717, 1.165) is 16.5 Å². The Morgan fingerprint density at radius 1 is 1.26 bits per heavy atom. The van der Waals surface area contributed by atoms with E-state index in [-0.39, 0.29) is 12.5 Å². The normalized spacial score (nSPS) is 10.5. The van der Waals surface area contributed by atoms with Gasteiger partial charge in [-0.2, -0.15) is 5.10 Å². The van der Waals surface area contributed by atoms with Gasteiger partial charge in [0.25, 0.3) is 0 Å². The number of nitrogens with zero attached hydrogens (tertiary/aromatic N) is 3. The summed E-state index contributed by atoms with van der Waals surface area (Å²) in [7, 11) is 1.81. The predicted molar refractivity (Wildman–Crippen MR) is 74.2 cm³/mol. The van der Waals surface area contributed by atoms with Gasteiger partial charge in [-0.25, -0.2) is 0 Å². The number of carbonyl (C=O) groups is 1. The molecule has 1 aromatic carbocycles. The summed E-state index contributed by atoms with van der Waals surface area (Å²) in [4.78, 5) is 13.3. The maximum absolute atomic E-state index is 11.5. The van der Waals surface area contributed by atoms with Crippen molar-refractivity contribution in [2.24, 2.45) is 0 Å². The van der Waals surface area contributed by atoms with Crippen molar-refractivity contribution in [3.63, 3.8) is 0 Å². The van der Waals surface area contributed by atoms with Gasteiger partial charge in [0.1, 0.15) is 6.54 Å². The Bertz CT molecular complexity index is 598. The molecule has 5 nitrogen and oxygen atoms in total. The van der Waals surface area contributed by atoms with Crippen molar-refractivity contribution in [2.75, 3.05) is 25.1 Å². The Morgan fingerprint density at radius 3 is 2.63 bits per heavy atom. The van der Waals surface area contributed by atoms with Crippen LogP contribution in [-0.4, -0.2) is 36.4 Å². The van der Waals surface area contributed by atoms with Gasteiger partial charge in [0.05, 0.1) is 12.3 Å². The van der Waals surface area contributed by atoms with Crippen LogP contribution in [0.5, 0.6) is 0 Å². The standard InChI is InChI=1S/C14H17N3O2/c1-4-19-13(18)9-17(3)14-12-8-6-5-7-11(12)10(2)15-16-14/h5-8H,4,9H2,1-3H3. The van der Waals surface area contributed by atoms with Crippen molar-refractivity contribution in [3.8, 4) is 0 Å². The lowest BCUT2D eigenvalue weighted by Gasteiger charge is -2.18. The molecule has 0 aliphatic rings. The van der Waals surface area contributed by atoms with Gasteiger partial charge >= 0.3 is 5.97 Å². The first-order valence-corrected chi connectivity index (χ1v) is 6.22. The van der Waals surface area contributed by atoms with Crippen molar-refractivity contribution in [1.29, 1.82) is 0 Å². The van der Waals surface area contributed by atoms with Gasteiger partial charge in [-0.05, 0) is 13.8 Å². The number of aryl methyl sites for hydroxylation is 1. The Balaban J connectivity index is 2.35. The minimum atomic E-state index is -0.267. The fourth-order valence-corrected chi connectivity index (χ4v) is 1.98. The summed E-state index contributed by atoms with van der Waals surface area (Å²) < 4.78 is 4.94. The third-order valence-electron chi connectivity index (χ3n) is 2.89. The Labute approximate surface area is 112 Å². The fourth-order valence-electron chi connectivity index (χ4n) is 1.98. The second-order valence-corrected chi connectivity index (χ2v) is 4.32. The summed E-state index contributed by atoms with van der Waals surface area (Å²) in [5, 5.41) is 10.4. The number of aromatic nitrogens is 2. The molecule has 1 heterocycles. The SMILES string of the molecule is CCOC(=O)CN(C)c1nnc(C)c2ccccc12. The van der Waals surface area contributed by atoms with Crippen molar-refractivity contribution < 1.29 is 9.53 Å². The molecule has 0 amide bonds. The van der Waals surface area contributed by atoms with Crippen molar-refractivity contribution >= 4 is 22.6 Å². The molecule has 0 bridgehead atoms. The van der Waals surface area contributed by atoms with E-state index in [1.807, 2.05) is 38.2 Å². The number of rotatable bonds is 4. The van der Waals surface area contributed by atoms with Crippen molar-refractivity contribution in [3.05, 3.63) is 30.0 Å². The zero-order chi connectivity index (χ0) is 13.8. The molecule has 0 unspecified atom stereocenters. The topological polar surface area (TPSA) is 55.3 Å². The molecular weight excluding hydrogens is 242 g/mol. The molecule has 0 saturated carbocycles. The van der Waals surface area contributed by atoms with Gasteiger partial charge in [-0.3, -0.25) is 4.79 Å². The number of esters is 1. The highest BCUT2D eigenvalue weighted by atomic mass is 16.5. The van der Waals surface area contributed by atoms with E-state index in [0.29, 0.717) is 12.4 Å². The number of ether oxygens (including phenoxy) is 1. The molecule has 1 aromatic heterocycles. The van der Waals surface area contributed by atoms with Crippen LogP contribution in [0.4, 0.5) is 5.82 Å². The van der Waals surface area contributed by atoms with Crippen LogP contribution in [0.15, 0.2) is 24.3 Å². The van der Waals surface area contributed by atoms with E-state index >= 15 is 0 Å². The zero-order valence-corrected chi connectivity index (χ0v) is 11.4. The van der Waals surface area contributed by atoms with Crippen molar-refractivity contribution in [2.45, 2.75) is 13.8 Å². The van der Waals surface area contributed by atoms with Gasteiger partial charge < -0.3 is 9.64 Å². The first kappa shape index (κ1) is 13.3. The number of hydrogen-bond donors (Lipinski definition) is 0. The first-order valence-electron chi connectivity index (χ1n) is 6.22. The lowest BCUT2D eigenvalue weighted by molar-refractivity contribution is -0.141. The molecule has 0 spiro atoms. The highest BCUT2D eigenvalue weighted by Gasteiger charge is 2.13. The van der Waals surface area contributed by atoms with Crippen LogP contribution in [0.25, 0.3) is 10.8 Å². The maximum Gasteiger partial charge on any atom is 0.325 e. The van der Waals surface area contributed by atoms with Gasteiger partial charge in [0, 0.05) is 17.8 Å². The van der Waals surface area contributed by atoms with Crippen LogP contribution in [0.1, 0.15) is 12.6 Å². The summed E-state index contributed by atoms with van der Waals surface area (Å²) in [6, 6.07) is 7.90. The molecule has 0 radical (unpaired) electrons. The monoisotopic (exact) mass is 259 g/mol. The second kappa shape index (κ2) is 5.65. The lowest BCUT2D eigenvalue weighted by atomic mass is 10.1. The van der Waals surface area contributed by atoms with E-state index < -0.39 is 0 Å². The molecule has 0 fully saturated rings. The van der Waals surface area contributed by atoms with Crippen LogP contribution >= 0.6 is 0 Å². The molecule has 0 atom stereocenters. The van der Waals surface area contributed by atoms with Gasteiger partial charge in [0.15, 0.2) is 5.82 Å². The molecule has 0 aliphatic carbocycles. The highest BCUT2D eigenvalue weighted by molar-refractivity contribution is 5.94. The number of carbonyl (C=O) groups excluding carboxylic acids is 1. The maximum atomic E-state index is 11.5. The number of fused-ring (bicyclic) bond motifs is 1. The van der Waals surface area contributed by atoms with E-state index in [2.05, 4.69) is 10.2 Å². The molecule has 0 saturated heterocycles. The molecule has 0 aliphatic heterocycles. The number of anilines is 1. The largest absolute Gasteiger partial charge is 0.465 e. The summed E-state index contributed by atoms with van der Waals surface area (Å²) in [5.41, 5.74) is 0.879. The summed E-state index contributed by atoms with van der Waals surface area (Å²) in [5.74, 6) is 0.422. The minimum absolute atomic E-state index is 0.162. The van der Waals surface area contributed by atoms with E-state index in [1.165, 1.54) is 0 Å². The van der Waals surface area contributed by atoms with E-state index in [9.17, 15) is 4.79 Å².